The van der Waals surface area contributed by atoms with Crippen molar-refractivity contribution in [2.45, 2.75) is 57.3 Å². The van der Waals surface area contributed by atoms with Crippen molar-refractivity contribution < 1.29 is 24.5 Å². The molecule has 0 spiro atoms. The topological polar surface area (TPSA) is 95.9 Å². The van der Waals surface area contributed by atoms with E-state index < -0.39 is 29.3 Å². The van der Waals surface area contributed by atoms with Gasteiger partial charge < -0.3 is 20.3 Å². The first-order valence-electron chi connectivity index (χ1n) is 5.59. The fourth-order valence-electron chi connectivity index (χ4n) is 1.68. The van der Waals surface area contributed by atoms with Crippen molar-refractivity contribution in [3.63, 3.8) is 0 Å². The van der Waals surface area contributed by atoms with Gasteiger partial charge in [0.15, 0.2) is 6.04 Å². The normalized spacial score (nSPS) is 20.0. The van der Waals surface area contributed by atoms with Crippen LogP contribution in [0.15, 0.2) is 0 Å². The van der Waals surface area contributed by atoms with Gasteiger partial charge >= 0.3 is 12.1 Å². The third-order valence-electron chi connectivity index (χ3n) is 2.66. The molecule has 1 aliphatic carbocycles. The number of hydrogen-bond acceptors (Lipinski definition) is 4. The van der Waals surface area contributed by atoms with Crippen molar-refractivity contribution in [3.05, 3.63) is 0 Å². The van der Waals surface area contributed by atoms with Gasteiger partial charge in [0.2, 0.25) is 0 Å². The molecule has 17 heavy (non-hydrogen) atoms. The van der Waals surface area contributed by atoms with Crippen LogP contribution in [0.3, 0.4) is 0 Å². The Morgan fingerprint density at radius 2 is 1.88 bits per heavy atom. The average molecular weight is 245 g/mol. The number of carboxylic acid groups (broad SMARTS) is 1. The number of aliphatic carboxylic acids is 1. The van der Waals surface area contributed by atoms with E-state index in [1.807, 2.05) is 0 Å². The number of aliphatic hydroxyl groups is 1. The van der Waals surface area contributed by atoms with E-state index in [4.69, 9.17) is 9.84 Å². The van der Waals surface area contributed by atoms with Crippen LogP contribution in [0.1, 0.15) is 40.0 Å². The van der Waals surface area contributed by atoms with Gasteiger partial charge in [0.05, 0.1) is 5.60 Å². The maximum atomic E-state index is 11.5. The van der Waals surface area contributed by atoms with Crippen LogP contribution in [0, 0.1) is 0 Å². The quantitative estimate of drug-likeness (QED) is 0.686. The number of carboxylic acids is 1. The van der Waals surface area contributed by atoms with Crippen LogP contribution in [0.25, 0.3) is 0 Å². The molecule has 0 aromatic rings. The lowest BCUT2D eigenvalue weighted by molar-refractivity contribution is -0.152. The Hall–Kier alpha value is -1.30. The molecule has 3 N–H and O–H groups in total. The smallest absolute Gasteiger partial charge is 0.408 e. The molecule has 1 aliphatic rings. The largest absolute Gasteiger partial charge is 0.480 e. The zero-order valence-electron chi connectivity index (χ0n) is 10.3. The number of carbonyl (C=O) groups excluding carboxylic acids is 1. The van der Waals surface area contributed by atoms with Gasteiger partial charge in [-0.3, -0.25) is 0 Å². The molecule has 98 valence electrons. The molecular weight excluding hydrogens is 226 g/mol. The standard InChI is InChI=1S/C11H19NO5/c1-10(2,3)17-9(15)12-7(8(13)14)11(16)5-4-6-11/h7,16H,4-6H2,1-3H3,(H,12,15)(H,13,14). The number of carbonyl (C=O) groups is 2. The molecule has 0 aliphatic heterocycles. The van der Waals surface area contributed by atoms with Gasteiger partial charge in [0.1, 0.15) is 5.60 Å². The van der Waals surface area contributed by atoms with Gasteiger partial charge in [-0.25, -0.2) is 9.59 Å². The third kappa shape index (κ3) is 3.59. The molecule has 0 radical (unpaired) electrons. The van der Waals surface area contributed by atoms with E-state index in [1.54, 1.807) is 20.8 Å². The summed E-state index contributed by atoms with van der Waals surface area (Å²) in [5.41, 5.74) is -2.04. The first-order valence-corrected chi connectivity index (χ1v) is 5.59. The highest BCUT2D eigenvalue weighted by molar-refractivity contribution is 5.81. The Morgan fingerprint density at radius 3 is 2.18 bits per heavy atom. The summed E-state index contributed by atoms with van der Waals surface area (Å²) in [5.74, 6) is -1.25. The first-order chi connectivity index (χ1) is 7.64. The van der Waals surface area contributed by atoms with Gasteiger partial charge in [-0.2, -0.15) is 0 Å². The van der Waals surface area contributed by atoms with Crippen LogP contribution in [-0.2, 0) is 9.53 Å². The summed E-state index contributed by atoms with van der Waals surface area (Å²) in [7, 11) is 0. The molecule has 1 saturated carbocycles. The summed E-state index contributed by atoms with van der Waals surface area (Å²) in [5, 5.41) is 21.1. The first kappa shape index (κ1) is 13.8. The minimum atomic E-state index is -1.34. The Labute approximate surface area is 100.0 Å². The highest BCUT2D eigenvalue weighted by Crippen LogP contribution is 2.34. The summed E-state index contributed by atoms with van der Waals surface area (Å²) in [6, 6.07) is -1.31. The molecule has 6 nitrogen and oxygen atoms in total. The zero-order valence-corrected chi connectivity index (χ0v) is 10.3. The van der Waals surface area contributed by atoms with Crippen LogP contribution < -0.4 is 5.32 Å². The van der Waals surface area contributed by atoms with Crippen LogP contribution in [0.4, 0.5) is 4.79 Å². The minimum Gasteiger partial charge on any atom is -0.480 e. The van der Waals surface area contributed by atoms with Crippen molar-refractivity contribution in [3.8, 4) is 0 Å². The van der Waals surface area contributed by atoms with Crippen LogP contribution in [0.5, 0.6) is 0 Å². The van der Waals surface area contributed by atoms with Gasteiger partial charge in [-0.05, 0) is 40.0 Å². The summed E-state index contributed by atoms with van der Waals surface area (Å²) >= 11 is 0. The highest BCUT2D eigenvalue weighted by atomic mass is 16.6. The summed E-state index contributed by atoms with van der Waals surface area (Å²) < 4.78 is 4.96. The SMILES string of the molecule is CC(C)(C)OC(=O)NC(C(=O)O)C1(O)CCC1. The van der Waals surface area contributed by atoms with Crippen LogP contribution >= 0.6 is 0 Å². The number of alkyl carbamates (subject to hydrolysis) is 1. The fourth-order valence-corrected chi connectivity index (χ4v) is 1.68. The van der Waals surface area contributed by atoms with Gasteiger partial charge in [-0.1, -0.05) is 0 Å². The predicted octanol–water partition coefficient (Wildman–Crippen LogP) is 0.879. The van der Waals surface area contributed by atoms with Crippen molar-refractivity contribution >= 4 is 12.1 Å². The van der Waals surface area contributed by atoms with Gasteiger partial charge in [-0.15, -0.1) is 0 Å². The number of amides is 1. The van der Waals surface area contributed by atoms with E-state index in [-0.39, 0.29) is 0 Å². The number of ether oxygens (including phenoxy) is 1. The second-order valence-electron chi connectivity index (χ2n) is 5.37. The molecule has 0 heterocycles. The Morgan fingerprint density at radius 1 is 1.35 bits per heavy atom. The zero-order chi connectivity index (χ0) is 13.3. The van der Waals surface area contributed by atoms with Crippen LogP contribution in [0.2, 0.25) is 0 Å². The highest BCUT2D eigenvalue weighted by Gasteiger charge is 2.47. The Balaban J connectivity index is 2.62. The molecule has 0 aromatic heterocycles. The lowest BCUT2D eigenvalue weighted by Crippen LogP contribution is -2.60. The van der Waals surface area contributed by atoms with E-state index in [0.29, 0.717) is 12.8 Å². The molecule has 1 amide bonds. The summed E-state index contributed by atoms with van der Waals surface area (Å²) in [4.78, 5) is 22.5. The fraction of sp³-hybridized carbons (Fsp3) is 0.818. The van der Waals surface area contributed by atoms with Gasteiger partial charge in [0.25, 0.3) is 0 Å². The lowest BCUT2D eigenvalue weighted by Gasteiger charge is -2.41. The third-order valence-corrected chi connectivity index (χ3v) is 2.66. The molecule has 0 bridgehead atoms. The predicted molar refractivity (Wildman–Crippen MR) is 59.6 cm³/mol. The van der Waals surface area contributed by atoms with E-state index in [1.165, 1.54) is 0 Å². The van der Waals surface area contributed by atoms with E-state index >= 15 is 0 Å². The number of nitrogens with one attached hydrogen (secondary N) is 1. The number of rotatable bonds is 3. The Bertz CT molecular complexity index is 316. The minimum absolute atomic E-state index is 0.375. The molecular formula is C11H19NO5. The molecule has 1 fully saturated rings. The number of hydrogen-bond donors (Lipinski definition) is 3. The molecule has 0 saturated heterocycles. The second kappa shape index (κ2) is 4.52. The molecule has 1 atom stereocenters. The molecule has 1 rings (SSSR count). The van der Waals surface area contributed by atoms with Crippen molar-refractivity contribution in [2.24, 2.45) is 0 Å². The molecule has 0 aromatic carbocycles. The van der Waals surface area contributed by atoms with E-state index in [0.717, 1.165) is 6.42 Å². The summed E-state index contributed by atoms with van der Waals surface area (Å²) in [6.45, 7) is 5.04. The van der Waals surface area contributed by atoms with Gasteiger partial charge in [0, 0.05) is 0 Å². The second-order valence-corrected chi connectivity index (χ2v) is 5.37. The molecule has 6 heteroatoms. The maximum Gasteiger partial charge on any atom is 0.408 e. The average Bonchev–Trinajstić information content (AvgIpc) is 2.07. The van der Waals surface area contributed by atoms with Crippen molar-refractivity contribution in [2.75, 3.05) is 0 Å². The van der Waals surface area contributed by atoms with E-state index in [2.05, 4.69) is 5.32 Å². The van der Waals surface area contributed by atoms with Crippen molar-refractivity contribution in [1.29, 1.82) is 0 Å². The lowest BCUT2D eigenvalue weighted by atomic mass is 9.75. The molecule has 1 unspecified atom stereocenters. The monoisotopic (exact) mass is 245 g/mol. The Kier molecular flexibility index (Phi) is 3.66. The van der Waals surface area contributed by atoms with Crippen LogP contribution in [-0.4, -0.2) is 39.5 Å². The van der Waals surface area contributed by atoms with Crippen molar-refractivity contribution in [1.82, 2.24) is 5.32 Å². The van der Waals surface area contributed by atoms with E-state index in [9.17, 15) is 14.7 Å². The maximum absolute atomic E-state index is 11.5. The summed E-state index contributed by atoms with van der Waals surface area (Å²) in [6.07, 6.45) is 0.681.